The van der Waals surface area contributed by atoms with Crippen molar-refractivity contribution in [1.82, 2.24) is 4.90 Å². The summed E-state index contributed by atoms with van der Waals surface area (Å²) in [5.74, 6) is -0.408. The van der Waals surface area contributed by atoms with Crippen molar-refractivity contribution in [2.75, 3.05) is 26.4 Å². The molecule has 5 rings (SSSR count). The van der Waals surface area contributed by atoms with E-state index in [2.05, 4.69) is 39.0 Å². The van der Waals surface area contributed by atoms with E-state index in [-0.39, 0.29) is 29.6 Å². The summed E-state index contributed by atoms with van der Waals surface area (Å²) in [6.07, 6.45) is 5.58. The number of cyclic esters (lactones) is 1. The molecule has 33 heavy (non-hydrogen) atoms. The summed E-state index contributed by atoms with van der Waals surface area (Å²) < 4.78 is 17.0. The molecular weight excluding hydrogens is 418 g/mol. The third kappa shape index (κ3) is 3.45. The fraction of sp³-hybridized carbons (Fsp3) is 0.630. The molecule has 3 atom stereocenters. The van der Waals surface area contributed by atoms with Gasteiger partial charge in [-0.05, 0) is 42.2 Å². The summed E-state index contributed by atoms with van der Waals surface area (Å²) in [4.78, 5) is 29.5. The van der Waals surface area contributed by atoms with Crippen molar-refractivity contribution in [3.05, 3.63) is 42.0 Å². The summed E-state index contributed by atoms with van der Waals surface area (Å²) >= 11 is 0. The summed E-state index contributed by atoms with van der Waals surface area (Å²) in [6, 6.07) is 10.3. The third-order valence-corrected chi connectivity index (χ3v) is 9.13. The lowest BCUT2D eigenvalue weighted by molar-refractivity contribution is -0.194. The van der Waals surface area contributed by atoms with Crippen molar-refractivity contribution in [2.45, 2.75) is 65.2 Å². The largest absolute Gasteiger partial charge is 0.464 e. The molecule has 1 aromatic rings. The van der Waals surface area contributed by atoms with Crippen LogP contribution in [0.4, 0.5) is 0 Å². The highest BCUT2D eigenvalue weighted by Gasteiger charge is 2.72. The first kappa shape index (κ1) is 22.6. The highest BCUT2D eigenvalue weighted by Crippen LogP contribution is 2.66. The Morgan fingerprint density at radius 2 is 1.79 bits per heavy atom. The molecule has 3 aliphatic heterocycles. The zero-order valence-corrected chi connectivity index (χ0v) is 20.0. The topological polar surface area (TPSA) is 65.1 Å². The maximum atomic E-state index is 14.3. The first-order chi connectivity index (χ1) is 15.8. The Bertz CT molecular complexity index is 951. The van der Waals surface area contributed by atoms with Crippen LogP contribution in [0.5, 0.6) is 0 Å². The summed E-state index contributed by atoms with van der Waals surface area (Å²) in [5.41, 5.74) is 0.678. The standard InChI is InChI=1S/C27H35NO5/c1-25(2)26(3)12-13-27(25,24(30)33-18-26)23(29)28-14-11-20(19-7-5-4-6-8-19)17-21(28)9-10-22-31-15-16-32-22/h4-8,11,21-22H,9-10,12-18H2,1-3H3/t21-,26-,27-/m0/s1. The van der Waals surface area contributed by atoms with Crippen molar-refractivity contribution >= 4 is 17.4 Å². The predicted molar refractivity (Wildman–Crippen MR) is 124 cm³/mol. The van der Waals surface area contributed by atoms with Crippen LogP contribution >= 0.6 is 0 Å². The monoisotopic (exact) mass is 453 g/mol. The second kappa shape index (κ2) is 8.24. The van der Waals surface area contributed by atoms with Gasteiger partial charge in [0.15, 0.2) is 11.7 Å². The van der Waals surface area contributed by atoms with Crippen molar-refractivity contribution in [3.8, 4) is 0 Å². The molecule has 2 bridgehead atoms. The van der Waals surface area contributed by atoms with Crippen LogP contribution in [0.2, 0.25) is 0 Å². The van der Waals surface area contributed by atoms with E-state index >= 15 is 0 Å². The number of nitrogens with zero attached hydrogens (tertiary/aromatic N) is 1. The lowest BCUT2D eigenvalue weighted by atomic mass is 9.57. The van der Waals surface area contributed by atoms with Crippen LogP contribution in [0.3, 0.4) is 0 Å². The smallest absolute Gasteiger partial charge is 0.322 e. The van der Waals surface area contributed by atoms with Gasteiger partial charge in [0.2, 0.25) is 5.91 Å². The molecule has 3 heterocycles. The maximum absolute atomic E-state index is 14.3. The number of carbonyl (C=O) groups excluding carboxylic acids is 2. The molecule has 1 aromatic carbocycles. The number of ether oxygens (including phenoxy) is 3. The maximum Gasteiger partial charge on any atom is 0.322 e. The van der Waals surface area contributed by atoms with E-state index in [1.165, 1.54) is 11.1 Å². The number of benzene rings is 1. The van der Waals surface area contributed by atoms with Crippen LogP contribution in [0.1, 0.15) is 58.4 Å². The lowest BCUT2D eigenvalue weighted by Gasteiger charge is -2.52. The number of rotatable bonds is 5. The predicted octanol–water partition coefficient (Wildman–Crippen LogP) is 4.19. The molecule has 3 fully saturated rings. The number of carbonyl (C=O) groups is 2. The van der Waals surface area contributed by atoms with Gasteiger partial charge in [0.05, 0.1) is 19.8 Å². The number of amides is 1. The Balaban J connectivity index is 1.45. The second-order valence-corrected chi connectivity index (χ2v) is 10.8. The minimum absolute atomic E-state index is 0.0164. The molecule has 0 radical (unpaired) electrons. The molecule has 0 spiro atoms. The van der Waals surface area contributed by atoms with Crippen molar-refractivity contribution < 1.29 is 23.8 Å². The van der Waals surface area contributed by atoms with Gasteiger partial charge in [-0.25, -0.2) is 0 Å². The quantitative estimate of drug-likeness (QED) is 0.494. The zero-order chi connectivity index (χ0) is 23.3. The molecule has 178 valence electrons. The van der Waals surface area contributed by atoms with Gasteiger partial charge in [-0.1, -0.05) is 57.2 Å². The number of hydrogen-bond acceptors (Lipinski definition) is 5. The second-order valence-electron chi connectivity index (χ2n) is 10.8. The lowest BCUT2D eigenvalue weighted by Crippen LogP contribution is -2.62. The van der Waals surface area contributed by atoms with Crippen LogP contribution in [-0.2, 0) is 23.8 Å². The van der Waals surface area contributed by atoms with Gasteiger partial charge in [0, 0.05) is 24.4 Å². The Morgan fingerprint density at radius 1 is 1.06 bits per heavy atom. The van der Waals surface area contributed by atoms with Crippen LogP contribution in [0, 0.1) is 16.2 Å². The molecule has 0 N–H and O–H groups in total. The Morgan fingerprint density at radius 3 is 2.52 bits per heavy atom. The highest BCUT2D eigenvalue weighted by molar-refractivity contribution is 6.05. The van der Waals surface area contributed by atoms with E-state index in [9.17, 15) is 9.59 Å². The molecule has 6 nitrogen and oxygen atoms in total. The minimum atomic E-state index is -1.11. The van der Waals surface area contributed by atoms with Crippen LogP contribution in [0.25, 0.3) is 5.57 Å². The van der Waals surface area contributed by atoms with E-state index < -0.39 is 10.8 Å². The Hall–Kier alpha value is -2.18. The molecule has 6 heteroatoms. The molecule has 0 unspecified atom stereocenters. The van der Waals surface area contributed by atoms with E-state index in [0.717, 1.165) is 25.7 Å². The Kier molecular flexibility index (Phi) is 5.65. The van der Waals surface area contributed by atoms with Crippen molar-refractivity contribution in [1.29, 1.82) is 0 Å². The number of fused-ring (bicyclic) bond motifs is 2. The Labute approximate surface area is 196 Å². The normalized spacial score (nSPS) is 33.7. The van der Waals surface area contributed by atoms with E-state index in [0.29, 0.717) is 32.8 Å². The van der Waals surface area contributed by atoms with Crippen molar-refractivity contribution in [2.24, 2.45) is 16.2 Å². The molecular formula is C27H35NO5. The average Bonchev–Trinajstić information content (AvgIpc) is 3.37. The van der Waals surface area contributed by atoms with Crippen LogP contribution in [0.15, 0.2) is 36.4 Å². The first-order valence-electron chi connectivity index (χ1n) is 12.2. The van der Waals surface area contributed by atoms with Gasteiger partial charge in [0.25, 0.3) is 0 Å². The van der Waals surface area contributed by atoms with Crippen molar-refractivity contribution in [3.63, 3.8) is 0 Å². The molecule has 1 aliphatic carbocycles. The number of esters is 1. The van der Waals surface area contributed by atoms with E-state index in [4.69, 9.17) is 14.2 Å². The summed E-state index contributed by atoms with van der Waals surface area (Å²) in [5, 5.41) is 0. The van der Waals surface area contributed by atoms with Gasteiger partial charge < -0.3 is 19.1 Å². The first-order valence-corrected chi connectivity index (χ1v) is 12.2. The molecule has 2 saturated heterocycles. The van der Waals surface area contributed by atoms with E-state index in [1.807, 2.05) is 23.1 Å². The van der Waals surface area contributed by atoms with Crippen LogP contribution < -0.4 is 0 Å². The van der Waals surface area contributed by atoms with Gasteiger partial charge in [-0.3, -0.25) is 9.59 Å². The molecule has 4 aliphatic rings. The van der Waals surface area contributed by atoms with Crippen LogP contribution in [-0.4, -0.2) is 55.5 Å². The minimum Gasteiger partial charge on any atom is -0.464 e. The SMILES string of the molecule is CC1(C)[C@@]2(C)CC[C@]1(C(=O)N1CC=C(c3ccccc3)C[C@@H]1CCC1OCCO1)C(=O)OC2. The average molecular weight is 454 g/mol. The van der Waals surface area contributed by atoms with E-state index in [1.54, 1.807) is 0 Å². The molecule has 1 saturated carbocycles. The fourth-order valence-electron chi connectivity index (χ4n) is 6.37. The number of hydrogen-bond donors (Lipinski definition) is 0. The summed E-state index contributed by atoms with van der Waals surface area (Å²) in [6.45, 7) is 8.47. The molecule has 1 amide bonds. The molecule has 0 aromatic heterocycles. The van der Waals surface area contributed by atoms with Gasteiger partial charge in [-0.2, -0.15) is 0 Å². The van der Waals surface area contributed by atoms with Gasteiger partial charge >= 0.3 is 5.97 Å². The fourth-order valence-corrected chi connectivity index (χ4v) is 6.37. The van der Waals surface area contributed by atoms with Gasteiger partial charge in [-0.15, -0.1) is 0 Å². The zero-order valence-electron chi connectivity index (χ0n) is 20.0. The van der Waals surface area contributed by atoms with Gasteiger partial charge in [0.1, 0.15) is 0 Å². The third-order valence-electron chi connectivity index (χ3n) is 9.13. The highest BCUT2D eigenvalue weighted by atomic mass is 16.7. The summed E-state index contributed by atoms with van der Waals surface area (Å²) in [7, 11) is 0.